The van der Waals surface area contributed by atoms with Gasteiger partial charge in [0, 0.05) is 16.3 Å². The number of rotatable bonds is 5. The molecule has 5 nitrogen and oxygen atoms in total. The smallest absolute Gasteiger partial charge is 0.340 e. The van der Waals surface area contributed by atoms with Crippen molar-refractivity contribution >= 4 is 46.5 Å². The number of carbonyl (C=O) groups excluding carboxylic acids is 3. The number of Topliss-reactive ketones (excluding diaryl/α,β-unsaturated/α-hetero) is 1. The molecule has 0 radical (unpaired) electrons. The number of benzene rings is 2. The van der Waals surface area contributed by atoms with Gasteiger partial charge < -0.3 is 10.1 Å². The Morgan fingerprint density at radius 1 is 1.04 bits per heavy atom. The van der Waals surface area contributed by atoms with E-state index in [0.717, 1.165) is 0 Å². The van der Waals surface area contributed by atoms with Crippen LogP contribution in [0.25, 0.3) is 0 Å². The molecular weight excluding hydrogens is 353 g/mol. The fourth-order valence-electron chi connectivity index (χ4n) is 1.85. The lowest BCUT2D eigenvalue weighted by Crippen LogP contribution is -2.21. The monoisotopic (exact) mass is 365 g/mol. The third kappa shape index (κ3) is 4.81. The molecular formula is C17H13Cl2NO4. The van der Waals surface area contributed by atoms with Gasteiger partial charge in [-0.15, -0.1) is 0 Å². The Hall–Kier alpha value is -2.37. The Morgan fingerprint density at radius 2 is 1.71 bits per heavy atom. The van der Waals surface area contributed by atoms with E-state index in [1.165, 1.54) is 25.1 Å². The van der Waals surface area contributed by atoms with E-state index in [1.54, 1.807) is 24.3 Å². The van der Waals surface area contributed by atoms with E-state index in [0.29, 0.717) is 16.3 Å². The Kier molecular flexibility index (Phi) is 5.95. The molecule has 2 rings (SSSR count). The van der Waals surface area contributed by atoms with E-state index in [4.69, 9.17) is 27.9 Å². The summed E-state index contributed by atoms with van der Waals surface area (Å²) in [6, 6.07) is 10.7. The van der Waals surface area contributed by atoms with E-state index >= 15 is 0 Å². The van der Waals surface area contributed by atoms with Gasteiger partial charge in [-0.3, -0.25) is 9.59 Å². The number of hydrogen-bond acceptors (Lipinski definition) is 4. The van der Waals surface area contributed by atoms with Crippen LogP contribution in [0, 0.1) is 0 Å². The highest BCUT2D eigenvalue weighted by atomic mass is 35.5. The van der Waals surface area contributed by atoms with Gasteiger partial charge in [-0.1, -0.05) is 23.2 Å². The highest BCUT2D eigenvalue weighted by Crippen LogP contribution is 2.21. The van der Waals surface area contributed by atoms with Crippen LogP contribution in [0.1, 0.15) is 27.6 Å². The lowest BCUT2D eigenvalue weighted by Gasteiger charge is -2.08. The molecule has 0 bridgehead atoms. The number of anilines is 1. The number of nitrogens with one attached hydrogen (secondary N) is 1. The number of esters is 1. The van der Waals surface area contributed by atoms with Crippen molar-refractivity contribution in [2.75, 3.05) is 11.9 Å². The maximum Gasteiger partial charge on any atom is 0.340 e. The molecule has 0 atom stereocenters. The average molecular weight is 366 g/mol. The van der Waals surface area contributed by atoms with E-state index in [2.05, 4.69) is 5.32 Å². The maximum atomic E-state index is 11.9. The van der Waals surface area contributed by atoms with Crippen LogP contribution in [0.2, 0.25) is 10.0 Å². The van der Waals surface area contributed by atoms with Crippen molar-refractivity contribution < 1.29 is 19.1 Å². The van der Waals surface area contributed by atoms with Crippen molar-refractivity contribution in [1.29, 1.82) is 0 Å². The van der Waals surface area contributed by atoms with Crippen molar-refractivity contribution in [3.8, 4) is 0 Å². The van der Waals surface area contributed by atoms with Gasteiger partial charge in [-0.25, -0.2) is 4.79 Å². The minimum absolute atomic E-state index is 0.0679. The first-order chi connectivity index (χ1) is 11.4. The number of amides is 1. The van der Waals surface area contributed by atoms with Crippen molar-refractivity contribution in [2.24, 2.45) is 0 Å². The van der Waals surface area contributed by atoms with Crippen molar-refractivity contribution in [1.82, 2.24) is 0 Å². The van der Waals surface area contributed by atoms with Crippen LogP contribution in [0.15, 0.2) is 42.5 Å². The zero-order valence-electron chi connectivity index (χ0n) is 12.6. The second-order valence-electron chi connectivity index (χ2n) is 4.88. The van der Waals surface area contributed by atoms with E-state index in [1.807, 2.05) is 0 Å². The molecule has 2 aromatic rings. The molecule has 0 aliphatic carbocycles. The van der Waals surface area contributed by atoms with Crippen molar-refractivity contribution in [3.05, 3.63) is 63.6 Å². The fourth-order valence-corrected chi connectivity index (χ4v) is 2.33. The van der Waals surface area contributed by atoms with Crippen LogP contribution in [0.5, 0.6) is 0 Å². The van der Waals surface area contributed by atoms with Crippen LogP contribution in [0.3, 0.4) is 0 Å². The summed E-state index contributed by atoms with van der Waals surface area (Å²) in [4.78, 5) is 34.9. The summed E-state index contributed by atoms with van der Waals surface area (Å²) in [5.74, 6) is -1.30. The molecule has 24 heavy (non-hydrogen) atoms. The van der Waals surface area contributed by atoms with Gasteiger partial charge in [0.15, 0.2) is 12.4 Å². The minimum Gasteiger partial charge on any atom is -0.452 e. The van der Waals surface area contributed by atoms with E-state index in [9.17, 15) is 14.4 Å². The van der Waals surface area contributed by atoms with Gasteiger partial charge in [-0.2, -0.15) is 0 Å². The standard InChI is InChI=1S/C17H13Cl2NO4/c1-10(21)11-2-5-13(6-3-11)20-16(22)9-24-17(23)14-7-4-12(18)8-15(14)19/h2-8H,9H2,1H3,(H,20,22). The van der Waals surface area contributed by atoms with E-state index in [-0.39, 0.29) is 16.4 Å². The Bertz CT molecular complexity index is 788. The van der Waals surface area contributed by atoms with Crippen LogP contribution < -0.4 is 5.32 Å². The van der Waals surface area contributed by atoms with Crippen LogP contribution >= 0.6 is 23.2 Å². The topological polar surface area (TPSA) is 72.5 Å². The molecule has 0 saturated heterocycles. The fraction of sp³-hybridized carbons (Fsp3) is 0.118. The Morgan fingerprint density at radius 3 is 2.29 bits per heavy atom. The lowest BCUT2D eigenvalue weighted by atomic mass is 10.1. The van der Waals surface area contributed by atoms with Gasteiger partial charge in [0.1, 0.15) is 0 Å². The van der Waals surface area contributed by atoms with Crippen LogP contribution in [-0.4, -0.2) is 24.3 Å². The first kappa shape index (κ1) is 18.0. The van der Waals surface area contributed by atoms with E-state index < -0.39 is 18.5 Å². The molecule has 124 valence electrons. The van der Waals surface area contributed by atoms with Gasteiger partial charge in [0.2, 0.25) is 0 Å². The van der Waals surface area contributed by atoms with Gasteiger partial charge in [0.05, 0.1) is 10.6 Å². The molecule has 7 heteroatoms. The summed E-state index contributed by atoms with van der Waals surface area (Å²) in [6.45, 7) is 0.987. The molecule has 0 saturated carbocycles. The molecule has 0 unspecified atom stereocenters. The predicted octanol–water partition coefficient (Wildman–Crippen LogP) is 3.99. The first-order valence-corrected chi connectivity index (χ1v) is 7.65. The van der Waals surface area contributed by atoms with Gasteiger partial charge >= 0.3 is 5.97 Å². The molecule has 0 spiro atoms. The van der Waals surface area contributed by atoms with Crippen molar-refractivity contribution in [3.63, 3.8) is 0 Å². The number of halogens is 2. The molecule has 0 heterocycles. The predicted molar refractivity (Wildman–Crippen MR) is 91.8 cm³/mol. The number of carbonyl (C=O) groups is 3. The van der Waals surface area contributed by atoms with Gasteiger partial charge in [0.25, 0.3) is 5.91 Å². The summed E-state index contributed by atoms with van der Waals surface area (Å²) in [7, 11) is 0. The Balaban J connectivity index is 1.90. The molecule has 1 amide bonds. The zero-order chi connectivity index (χ0) is 17.7. The summed E-state index contributed by atoms with van der Waals surface area (Å²) in [5, 5.41) is 3.10. The molecule has 2 aromatic carbocycles. The third-order valence-corrected chi connectivity index (χ3v) is 3.61. The number of ketones is 1. The highest BCUT2D eigenvalue weighted by Gasteiger charge is 2.14. The molecule has 0 fully saturated rings. The molecule has 0 aliphatic rings. The highest BCUT2D eigenvalue weighted by molar-refractivity contribution is 6.36. The molecule has 0 aromatic heterocycles. The number of hydrogen-bond donors (Lipinski definition) is 1. The quantitative estimate of drug-likeness (QED) is 0.642. The lowest BCUT2D eigenvalue weighted by molar-refractivity contribution is -0.119. The molecule has 0 aliphatic heterocycles. The van der Waals surface area contributed by atoms with Crippen LogP contribution in [0.4, 0.5) is 5.69 Å². The molecule has 1 N–H and O–H groups in total. The SMILES string of the molecule is CC(=O)c1ccc(NC(=O)COC(=O)c2ccc(Cl)cc2Cl)cc1. The number of ether oxygens (including phenoxy) is 1. The third-order valence-electron chi connectivity index (χ3n) is 3.06. The largest absolute Gasteiger partial charge is 0.452 e. The second kappa shape index (κ2) is 7.95. The minimum atomic E-state index is -0.723. The average Bonchev–Trinajstić information content (AvgIpc) is 2.53. The van der Waals surface area contributed by atoms with Crippen molar-refractivity contribution in [2.45, 2.75) is 6.92 Å². The Labute approximate surface area is 148 Å². The summed E-state index contributed by atoms with van der Waals surface area (Å²) >= 11 is 11.6. The van der Waals surface area contributed by atoms with Gasteiger partial charge in [-0.05, 0) is 49.4 Å². The summed E-state index contributed by atoms with van der Waals surface area (Å²) in [5.41, 5.74) is 1.15. The zero-order valence-corrected chi connectivity index (χ0v) is 14.1. The maximum absolute atomic E-state index is 11.9. The summed E-state index contributed by atoms with van der Waals surface area (Å²) in [6.07, 6.45) is 0. The summed E-state index contributed by atoms with van der Waals surface area (Å²) < 4.78 is 4.91. The van der Waals surface area contributed by atoms with Crippen LogP contribution in [-0.2, 0) is 9.53 Å². The first-order valence-electron chi connectivity index (χ1n) is 6.90. The second-order valence-corrected chi connectivity index (χ2v) is 5.73. The normalized spacial score (nSPS) is 10.1.